The number of phenolic OH excluding ortho intramolecular Hbond substituents is 1. The van der Waals surface area contributed by atoms with Gasteiger partial charge in [-0.2, -0.15) is 0 Å². The van der Waals surface area contributed by atoms with E-state index < -0.39 is 0 Å². The number of nitrogens with zero attached hydrogens (tertiary/aromatic N) is 3. The number of aromatic nitrogens is 3. The monoisotopic (exact) mass is 334 g/mol. The van der Waals surface area contributed by atoms with E-state index in [9.17, 15) is 9.90 Å². The first-order valence-electron chi connectivity index (χ1n) is 8.01. The van der Waals surface area contributed by atoms with Crippen molar-refractivity contribution in [2.24, 2.45) is 0 Å². The van der Waals surface area contributed by atoms with E-state index in [1.165, 1.54) is 12.4 Å². The normalized spacial score (nSPS) is 10.4. The maximum atomic E-state index is 12.1. The molecule has 6 nitrogen and oxygen atoms in total. The van der Waals surface area contributed by atoms with E-state index in [2.05, 4.69) is 20.3 Å². The number of carbonyl (C=O) groups excluding carboxylic acids is 1. The fraction of sp³-hybridized carbons (Fsp3) is 0.158. The molecule has 0 spiro atoms. The summed E-state index contributed by atoms with van der Waals surface area (Å²) >= 11 is 0. The van der Waals surface area contributed by atoms with Crippen molar-refractivity contribution in [3.8, 4) is 17.1 Å². The Morgan fingerprint density at radius 2 is 1.80 bits per heavy atom. The first kappa shape index (κ1) is 16.6. The minimum absolute atomic E-state index is 0.191. The van der Waals surface area contributed by atoms with Gasteiger partial charge >= 0.3 is 0 Å². The van der Waals surface area contributed by atoms with Crippen LogP contribution in [0.2, 0.25) is 0 Å². The fourth-order valence-electron chi connectivity index (χ4n) is 2.35. The van der Waals surface area contributed by atoms with Crippen molar-refractivity contribution in [1.82, 2.24) is 20.3 Å². The molecular formula is C19H18N4O2. The van der Waals surface area contributed by atoms with Crippen molar-refractivity contribution < 1.29 is 9.90 Å². The van der Waals surface area contributed by atoms with Crippen LogP contribution in [0.25, 0.3) is 11.4 Å². The smallest absolute Gasteiger partial charge is 0.254 e. The van der Waals surface area contributed by atoms with E-state index in [0.717, 1.165) is 24.0 Å². The van der Waals surface area contributed by atoms with Gasteiger partial charge in [0.2, 0.25) is 0 Å². The molecule has 0 aliphatic carbocycles. The lowest BCUT2D eigenvalue weighted by Crippen LogP contribution is -2.25. The fourth-order valence-corrected chi connectivity index (χ4v) is 2.35. The Morgan fingerprint density at radius 1 is 1.04 bits per heavy atom. The molecule has 3 aromatic rings. The number of aryl methyl sites for hydroxylation is 1. The van der Waals surface area contributed by atoms with E-state index in [1.54, 1.807) is 24.5 Å². The number of amides is 1. The molecule has 0 unspecified atom stereocenters. The predicted molar refractivity (Wildman–Crippen MR) is 94.0 cm³/mol. The average molecular weight is 334 g/mol. The molecule has 0 aliphatic heterocycles. The summed E-state index contributed by atoms with van der Waals surface area (Å²) in [5.41, 5.74) is 2.36. The molecule has 1 aromatic carbocycles. The van der Waals surface area contributed by atoms with Crippen molar-refractivity contribution in [2.45, 2.75) is 12.8 Å². The van der Waals surface area contributed by atoms with Crippen LogP contribution in [-0.4, -0.2) is 32.5 Å². The summed E-state index contributed by atoms with van der Waals surface area (Å²) in [4.78, 5) is 24.6. The van der Waals surface area contributed by atoms with Gasteiger partial charge in [-0.05, 0) is 42.7 Å². The lowest BCUT2D eigenvalue weighted by atomic mass is 10.1. The summed E-state index contributed by atoms with van der Waals surface area (Å²) < 4.78 is 0. The van der Waals surface area contributed by atoms with Gasteiger partial charge in [0.05, 0.1) is 5.56 Å². The first-order valence-corrected chi connectivity index (χ1v) is 8.01. The third kappa shape index (κ3) is 4.60. The minimum atomic E-state index is -0.191. The molecule has 0 fully saturated rings. The molecule has 25 heavy (non-hydrogen) atoms. The van der Waals surface area contributed by atoms with Crippen molar-refractivity contribution in [2.75, 3.05) is 6.54 Å². The maximum Gasteiger partial charge on any atom is 0.254 e. The number of rotatable bonds is 6. The quantitative estimate of drug-likeness (QED) is 0.677. The van der Waals surface area contributed by atoms with Crippen LogP contribution >= 0.6 is 0 Å². The third-order valence-electron chi connectivity index (χ3n) is 3.70. The van der Waals surface area contributed by atoms with Crippen LogP contribution in [0.4, 0.5) is 0 Å². The van der Waals surface area contributed by atoms with E-state index in [-0.39, 0.29) is 11.7 Å². The van der Waals surface area contributed by atoms with Crippen molar-refractivity contribution in [3.63, 3.8) is 0 Å². The van der Waals surface area contributed by atoms with E-state index >= 15 is 0 Å². The predicted octanol–water partition coefficient (Wildman–Crippen LogP) is 2.61. The summed E-state index contributed by atoms with van der Waals surface area (Å²) in [6, 6.07) is 10.8. The second kappa shape index (κ2) is 8.01. The summed E-state index contributed by atoms with van der Waals surface area (Å²) in [6.07, 6.45) is 8.04. The summed E-state index contributed by atoms with van der Waals surface area (Å²) in [7, 11) is 0. The molecule has 0 atom stereocenters. The number of nitrogens with one attached hydrogen (secondary N) is 1. The summed E-state index contributed by atoms with van der Waals surface area (Å²) in [5.74, 6) is 0.604. The molecule has 0 aliphatic rings. The van der Waals surface area contributed by atoms with Crippen LogP contribution in [0.3, 0.4) is 0 Å². The van der Waals surface area contributed by atoms with Gasteiger partial charge in [0.15, 0.2) is 5.82 Å². The Bertz CT molecular complexity index is 818. The Balaban J connectivity index is 1.49. The van der Waals surface area contributed by atoms with Crippen molar-refractivity contribution >= 4 is 5.91 Å². The highest BCUT2D eigenvalue weighted by Crippen LogP contribution is 2.12. The molecule has 6 heteroatoms. The maximum absolute atomic E-state index is 12.1. The number of aromatic hydroxyl groups is 1. The number of hydrogen-bond donors (Lipinski definition) is 2. The second-order valence-electron chi connectivity index (χ2n) is 5.56. The standard InChI is InChI=1S/C19H18N4O2/c24-17-7-5-14(6-8-17)3-1-10-21-19(25)16-12-22-18(23-13-16)15-4-2-9-20-11-15/h2,4-9,11-13,24H,1,3,10H2,(H,21,25). The highest BCUT2D eigenvalue weighted by atomic mass is 16.3. The van der Waals surface area contributed by atoms with Crippen LogP contribution in [0.5, 0.6) is 5.75 Å². The number of phenols is 1. The highest BCUT2D eigenvalue weighted by Gasteiger charge is 2.07. The van der Waals surface area contributed by atoms with Gasteiger partial charge in [0, 0.05) is 36.9 Å². The van der Waals surface area contributed by atoms with Crippen molar-refractivity contribution in [3.05, 3.63) is 72.3 Å². The molecule has 126 valence electrons. The lowest BCUT2D eigenvalue weighted by molar-refractivity contribution is 0.0952. The highest BCUT2D eigenvalue weighted by molar-refractivity contribution is 5.93. The number of carbonyl (C=O) groups is 1. The Kier molecular flexibility index (Phi) is 5.31. The third-order valence-corrected chi connectivity index (χ3v) is 3.70. The average Bonchev–Trinajstić information content (AvgIpc) is 2.67. The van der Waals surface area contributed by atoms with Gasteiger partial charge in [0.1, 0.15) is 5.75 Å². The van der Waals surface area contributed by atoms with Gasteiger partial charge in [0.25, 0.3) is 5.91 Å². The largest absolute Gasteiger partial charge is 0.508 e. The Labute approximate surface area is 145 Å². The number of hydrogen-bond acceptors (Lipinski definition) is 5. The molecule has 0 radical (unpaired) electrons. The molecule has 0 saturated carbocycles. The molecule has 3 rings (SSSR count). The van der Waals surface area contributed by atoms with E-state index in [0.29, 0.717) is 17.9 Å². The van der Waals surface area contributed by atoms with Crippen molar-refractivity contribution in [1.29, 1.82) is 0 Å². The van der Waals surface area contributed by atoms with Gasteiger partial charge in [-0.15, -0.1) is 0 Å². The topological polar surface area (TPSA) is 88.0 Å². The van der Waals surface area contributed by atoms with Crippen LogP contribution in [-0.2, 0) is 6.42 Å². The zero-order chi connectivity index (χ0) is 17.5. The molecule has 0 bridgehead atoms. The Hall–Kier alpha value is -3.28. The van der Waals surface area contributed by atoms with Gasteiger partial charge in [-0.1, -0.05) is 12.1 Å². The van der Waals surface area contributed by atoms with E-state index in [4.69, 9.17) is 0 Å². The van der Waals surface area contributed by atoms with Gasteiger partial charge < -0.3 is 10.4 Å². The number of benzene rings is 1. The summed E-state index contributed by atoms with van der Waals surface area (Å²) in [5, 5.41) is 12.1. The molecular weight excluding hydrogens is 316 g/mol. The molecule has 2 heterocycles. The number of pyridine rings is 1. The zero-order valence-corrected chi connectivity index (χ0v) is 13.6. The van der Waals surface area contributed by atoms with Crippen LogP contribution in [0, 0.1) is 0 Å². The minimum Gasteiger partial charge on any atom is -0.508 e. The van der Waals surface area contributed by atoms with Crippen LogP contribution in [0.1, 0.15) is 22.3 Å². The summed E-state index contributed by atoms with van der Waals surface area (Å²) in [6.45, 7) is 0.560. The molecule has 2 aromatic heterocycles. The van der Waals surface area contributed by atoms with Crippen LogP contribution < -0.4 is 5.32 Å². The van der Waals surface area contributed by atoms with Gasteiger partial charge in [-0.3, -0.25) is 9.78 Å². The molecule has 1 amide bonds. The zero-order valence-electron chi connectivity index (χ0n) is 13.6. The molecule has 0 saturated heterocycles. The van der Waals surface area contributed by atoms with E-state index in [1.807, 2.05) is 24.3 Å². The lowest BCUT2D eigenvalue weighted by Gasteiger charge is -2.06. The van der Waals surface area contributed by atoms with Crippen LogP contribution in [0.15, 0.2) is 61.2 Å². The Morgan fingerprint density at radius 3 is 2.48 bits per heavy atom. The second-order valence-corrected chi connectivity index (χ2v) is 5.56. The SMILES string of the molecule is O=C(NCCCc1ccc(O)cc1)c1cnc(-c2cccnc2)nc1. The van der Waals surface area contributed by atoms with Gasteiger partial charge in [-0.25, -0.2) is 9.97 Å². The molecule has 2 N–H and O–H groups in total. The first-order chi connectivity index (χ1) is 12.2.